The van der Waals surface area contributed by atoms with Crippen LogP contribution in [0.5, 0.6) is 0 Å². The van der Waals surface area contributed by atoms with Gasteiger partial charge in [0.25, 0.3) is 0 Å². The van der Waals surface area contributed by atoms with Gasteiger partial charge in [0.05, 0.1) is 44.1 Å². The van der Waals surface area contributed by atoms with Crippen LogP contribution in [0, 0.1) is 0 Å². The van der Waals surface area contributed by atoms with E-state index in [0.717, 1.165) is 0 Å². The summed E-state index contributed by atoms with van der Waals surface area (Å²) in [6, 6.07) is 132. The van der Waals surface area contributed by atoms with E-state index in [0.29, 0.717) is 0 Å². The summed E-state index contributed by atoms with van der Waals surface area (Å²) in [4.78, 5) is 0. The molecular formula is C92H60N4. The third-order valence-corrected chi connectivity index (χ3v) is 19.8. The molecule has 0 spiro atoms. The highest BCUT2D eigenvalue weighted by Crippen LogP contribution is 2.43. The largest absolute Gasteiger partial charge is 0.309 e. The molecule has 0 bridgehead atoms. The Labute approximate surface area is 554 Å². The number of aromatic nitrogens is 4. The zero-order chi connectivity index (χ0) is 63.2. The fraction of sp³-hybridized carbons (Fsp3) is 0. The minimum Gasteiger partial charge on any atom is -0.309 e. The standard InChI is InChI=1S/2C46H30N2/c1-3-11-37(12-4-1)47-43-17-9-7-15-39(43)41-29-35(23-25-45(41)47)33-21-19-32-28-34(22-20-31(32)27-33)36-24-26-46-42(30-36)40-16-8-10-18-44(40)48(46)38-13-5-2-6-14-38;1-3-13-33(14-4-1)47-43-21-11-9-19-39(43)41-29-31(23-27-45(41)47)35-25-26-36(38-18-8-7-17-37(35)38)32-24-28-46-42(30-32)40-20-10-12-22-44(40)48(46)34-15-5-2-6-16-34/h2*1-30H. The van der Waals surface area contributed by atoms with Gasteiger partial charge in [0, 0.05) is 65.8 Å². The van der Waals surface area contributed by atoms with Crippen LogP contribution in [0.4, 0.5) is 0 Å². The summed E-state index contributed by atoms with van der Waals surface area (Å²) in [5.41, 5.74) is 24.3. The van der Waals surface area contributed by atoms with E-state index in [9.17, 15) is 0 Å². The zero-order valence-electron chi connectivity index (χ0n) is 52.4. The Bertz CT molecular complexity index is 6030. The SMILES string of the molecule is c1ccc(-n2c3ccccc3c3cc(-c4ccc(-c5ccc6c(c5)c5ccccc5n6-c5ccccc5)c5ccccc45)ccc32)cc1.c1ccc(-n2c3ccccc3c3cc(-c4ccc5cc(-c6ccc7c(c6)c6ccccc6n7-c6ccccc6)ccc5c4)ccc32)cc1. The van der Waals surface area contributed by atoms with Gasteiger partial charge in [0.2, 0.25) is 0 Å². The molecule has 0 aliphatic carbocycles. The Morgan fingerprint density at radius 3 is 0.656 bits per heavy atom. The molecule has 4 aromatic heterocycles. The maximum atomic E-state index is 2.38. The second kappa shape index (κ2) is 22.5. The second-order valence-electron chi connectivity index (χ2n) is 25.2. The van der Waals surface area contributed by atoms with E-state index in [1.165, 1.54) is 176 Å². The molecule has 0 aliphatic heterocycles. The number of benzene rings is 16. The smallest absolute Gasteiger partial charge is 0.0541 e. The lowest BCUT2D eigenvalue weighted by atomic mass is 9.91. The minimum absolute atomic E-state index is 1.18. The summed E-state index contributed by atoms with van der Waals surface area (Å²) in [7, 11) is 0. The molecule has 0 amide bonds. The molecule has 0 saturated carbocycles. The van der Waals surface area contributed by atoms with Crippen molar-refractivity contribution < 1.29 is 0 Å². The summed E-state index contributed by atoms with van der Waals surface area (Å²) in [5, 5.41) is 15.1. The lowest BCUT2D eigenvalue weighted by molar-refractivity contribution is 1.18. The van der Waals surface area contributed by atoms with Gasteiger partial charge >= 0.3 is 0 Å². The van der Waals surface area contributed by atoms with Crippen LogP contribution in [0.1, 0.15) is 0 Å². The van der Waals surface area contributed by atoms with Crippen molar-refractivity contribution in [1.29, 1.82) is 0 Å². The van der Waals surface area contributed by atoms with E-state index in [4.69, 9.17) is 0 Å². The number of para-hydroxylation sites is 8. The highest BCUT2D eigenvalue weighted by molar-refractivity contribution is 6.16. The summed E-state index contributed by atoms with van der Waals surface area (Å²) < 4.78 is 9.49. The number of hydrogen-bond acceptors (Lipinski definition) is 0. The summed E-state index contributed by atoms with van der Waals surface area (Å²) in [5.74, 6) is 0. The highest BCUT2D eigenvalue weighted by atomic mass is 15.0. The lowest BCUT2D eigenvalue weighted by Crippen LogP contribution is -1.93. The Balaban J connectivity index is 0.000000135. The van der Waals surface area contributed by atoms with E-state index >= 15 is 0 Å². The molecule has 0 N–H and O–H groups in total. The minimum atomic E-state index is 1.18. The van der Waals surface area contributed by atoms with Gasteiger partial charge < -0.3 is 18.3 Å². The molecule has 448 valence electrons. The second-order valence-corrected chi connectivity index (χ2v) is 25.2. The van der Waals surface area contributed by atoms with Crippen molar-refractivity contribution in [3.05, 3.63) is 364 Å². The van der Waals surface area contributed by atoms with Gasteiger partial charge in [0.15, 0.2) is 0 Å². The molecular weight excluding hydrogens is 1160 g/mol. The van der Waals surface area contributed by atoms with E-state index in [-0.39, 0.29) is 0 Å². The van der Waals surface area contributed by atoms with Gasteiger partial charge in [0.1, 0.15) is 0 Å². The normalized spacial score (nSPS) is 11.8. The first kappa shape index (κ1) is 54.9. The van der Waals surface area contributed by atoms with Gasteiger partial charge in [-0.15, -0.1) is 0 Å². The van der Waals surface area contributed by atoms with Crippen LogP contribution in [0.3, 0.4) is 0 Å². The first-order chi connectivity index (χ1) is 47.6. The Hall–Kier alpha value is -12.8. The zero-order valence-corrected chi connectivity index (χ0v) is 52.4. The van der Waals surface area contributed by atoms with Gasteiger partial charge in [-0.25, -0.2) is 0 Å². The average molecular weight is 1220 g/mol. The van der Waals surface area contributed by atoms with Crippen LogP contribution in [0.25, 0.3) is 176 Å². The van der Waals surface area contributed by atoms with Gasteiger partial charge in [-0.2, -0.15) is 0 Å². The molecule has 96 heavy (non-hydrogen) atoms. The Kier molecular flexibility index (Phi) is 12.9. The maximum Gasteiger partial charge on any atom is 0.0541 e. The van der Waals surface area contributed by atoms with Crippen molar-refractivity contribution >= 4 is 109 Å². The molecule has 20 rings (SSSR count). The van der Waals surface area contributed by atoms with Gasteiger partial charge in [-0.05, 0) is 200 Å². The number of hydrogen-bond donors (Lipinski definition) is 0. The van der Waals surface area contributed by atoms with Crippen LogP contribution < -0.4 is 0 Å². The molecule has 0 radical (unpaired) electrons. The predicted molar refractivity (Wildman–Crippen MR) is 407 cm³/mol. The third kappa shape index (κ3) is 8.99. The summed E-state index contributed by atoms with van der Waals surface area (Å²) in [6.07, 6.45) is 0. The molecule has 20 aromatic rings. The van der Waals surface area contributed by atoms with Crippen molar-refractivity contribution in [3.8, 4) is 67.3 Å². The monoisotopic (exact) mass is 1220 g/mol. The Morgan fingerprint density at radius 2 is 0.354 bits per heavy atom. The van der Waals surface area contributed by atoms with E-state index in [2.05, 4.69) is 382 Å². The lowest BCUT2D eigenvalue weighted by Gasteiger charge is -2.13. The molecule has 4 heterocycles. The first-order valence-corrected chi connectivity index (χ1v) is 33.1. The van der Waals surface area contributed by atoms with E-state index in [1.807, 2.05) is 0 Å². The maximum absolute atomic E-state index is 2.38. The topological polar surface area (TPSA) is 19.7 Å². The van der Waals surface area contributed by atoms with Crippen LogP contribution in [0.15, 0.2) is 364 Å². The molecule has 4 nitrogen and oxygen atoms in total. The van der Waals surface area contributed by atoms with Crippen molar-refractivity contribution in [1.82, 2.24) is 18.3 Å². The Morgan fingerprint density at radius 1 is 0.135 bits per heavy atom. The predicted octanol–water partition coefficient (Wildman–Crippen LogP) is 24.7. The fourth-order valence-electron chi connectivity index (χ4n) is 15.4. The summed E-state index contributed by atoms with van der Waals surface area (Å²) >= 11 is 0. The van der Waals surface area contributed by atoms with Crippen LogP contribution in [-0.4, -0.2) is 18.3 Å². The molecule has 4 heteroatoms. The fourth-order valence-corrected chi connectivity index (χ4v) is 15.4. The highest BCUT2D eigenvalue weighted by Gasteiger charge is 2.20. The summed E-state index contributed by atoms with van der Waals surface area (Å²) in [6.45, 7) is 0. The number of rotatable bonds is 8. The van der Waals surface area contributed by atoms with Gasteiger partial charge in [-0.3, -0.25) is 0 Å². The molecule has 16 aromatic carbocycles. The van der Waals surface area contributed by atoms with Gasteiger partial charge in [-0.1, -0.05) is 231 Å². The molecule has 0 aliphatic rings. The third-order valence-electron chi connectivity index (χ3n) is 19.8. The number of nitrogens with zero attached hydrogens (tertiary/aromatic N) is 4. The quantitative estimate of drug-likeness (QED) is 0.144. The molecule has 0 saturated heterocycles. The van der Waals surface area contributed by atoms with E-state index in [1.54, 1.807) is 0 Å². The van der Waals surface area contributed by atoms with E-state index < -0.39 is 0 Å². The molecule has 0 atom stereocenters. The number of fused-ring (bicyclic) bond motifs is 14. The average Bonchev–Trinajstić information content (AvgIpc) is 1.53. The van der Waals surface area contributed by atoms with Crippen LogP contribution in [-0.2, 0) is 0 Å². The van der Waals surface area contributed by atoms with Crippen molar-refractivity contribution in [2.75, 3.05) is 0 Å². The molecule has 0 unspecified atom stereocenters. The first-order valence-electron chi connectivity index (χ1n) is 33.1. The van der Waals surface area contributed by atoms with Crippen LogP contribution >= 0.6 is 0 Å². The molecule has 0 fully saturated rings. The van der Waals surface area contributed by atoms with Crippen molar-refractivity contribution in [2.24, 2.45) is 0 Å². The van der Waals surface area contributed by atoms with Crippen molar-refractivity contribution in [2.45, 2.75) is 0 Å². The van der Waals surface area contributed by atoms with Crippen molar-refractivity contribution in [3.63, 3.8) is 0 Å². The van der Waals surface area contributed by atoms with Crippen LogP contribution in [0.2, 0.25) is 0 Å².